The van der Waals surface area contributed by atoms with Gasteiger partial charge in [0, 0.05) is 15.6 Å². The van der Waals surface area contributed by atoms with Crippen molar-refractivity contribution < 1.29 is 4.79 Å². The summed E-state index contributed by atoms with van der Waals surface area (Å²) in [5, 5.41) is 2.75. The van der Waals surface area contributed by atoms with Crippen molar-refractivity contribution in [3.8, 4) is 0 Å². The molecule has 0 saturated heterocycles. The Kier molecular flexibility index (Phi) is 4.78. The van der Waals surface area contributed by atoms with Crippen LogP contribution >= 0.6 is 27.7 Å². The number of pyridine rings is 1. The van der Waals surface area contributed by atoms with Gasteiger partial charge in [-0.3, -0.25) is 4.79 Å². The highest BCUT2D eigenvalue weighted by atomic mass is 79.9. The Morgan fingerprint density at radius 2 is 2.06 bits per heavy atom. The molecule has 2 aromatic rings. The Morgan fingerprint density at radius 1 is 1.28 bits per heavy atom. The van der Waals surface area contributed by atoms with Crippen LogP contribution in [0.2, 0.25) is 0 Å². The van der Waals surface area contributed by atoms with E-state index in [0.29, 0.717) is 11.6 Å². The summed E-state index contributed by atoms with van der Waals surface area (Å²) in [7, 11) is 0. The maximum Gasteiger partial charge on any atom is 0.235 e. The van der Waals surface area contributed by atoms with E-state index in [1.54, 1.807) is 12.3 Å². The summed E-state index contributed by atoms with van der Waals surface area (Å²) in [6, 6.07) is 13.4. The fraction of sp³-hybridized carbons (Fsp3) is 0.0769. The summed E-state index contributed by atoms with van der Waals surface area (Å²) in [6.07, 6.45) is 1.64. The van der Waals surface area contributed by atoms with E-state index in [4.69, 9.17) is 0 Å². The minimum absolute atomic E-state index is 0.0607. The SMILES string of the molecule is O=C(CSc1ccccc1)Nc1cc(Br)ccn1. The molecule has 1 N–H and O–H groups in total. The molecule has 0 radical (unpaired) electrons. The van der Waals surface area contributed by atoms with Crippen molar-refractivity contribution in [1.82, 2.24) is 4.98 Å². The van der Waals surface area contributed by atoms with Gasteiger partial charge in [0.15, 0.2) is 0 Å². The molecule has 1 amide bonds. The van der Waals surface area contributed by atoms with E-state index in [1.807, 2.05) is 36.4 Å². The van der Waals surface area contributed by atoms with E-state index in [-0.39, 0.29) is 5.91 Å². The molecule has 0 saturated carbocycles. The first kappa shape index (κ1) is 13.1. The van der Waals surface area contributed by atoms with Gasteiger partial charge in [-0.25, -0.2) is 4.98 Å². The summed E-state index contributed by atoms with van der Waals surface area (Å²) >= 11 is 4.83. The summed E-state index contributed by atoms with van der Waals surface area (Å²) in [6.45, 7) is 0. The van der Waals surface area contributed by atoms with E-state index < -0.39 is 0 Å². The quantitative estimate of drug-likeness (QED) is 0.875. The lowest BCUT2D eigenvalue weighted by Crippen LogP contribution is -2.14. The Bertz CT molecular complexity index is 534. The Labute approximate surface area is 118 Å². The van der Waals surface area contributed by atoms with Crippen LogP contribution < -0.4 is 5.32 Å². The topological polar surface area (TPSA) is 42.0 Å². The number of rotatable bonds is 4. The minimum atomic E-state index is -0.0607. The summed E-state index contributed by atoms with van der Waals surface area (Å²) in [4.78, 5) is 16.9. The minimum Gasteiger partial charge on any atom is -0.310 e. The molecular formula is C13H11BrN2OS. The third-order valence-electron chi connectivity index (χ3n) is 2.10. The fourth-order valence-electron chi connectivity index (χ4n) is 1.32. The molecule has 0 aliphatic heterocycles. The molecule has 1 aromatic heterocycles. The van der Waals surface area contributed by atoms with Crippen molar-refractivity contribution in [2.24, 2.45) is 0 Å². The van der Waals surface area contributed by atoms with E-state index in [1.165, 1.54) is 11.8 Å². The first-order valence-electron chi connectivity index (χ1n) is 5.33. The summed E-state index contributed by atoms with van der Waals surface area (Å²) in [5.74, 6) is 0.871. The van der Waals surface area contributed by atoms with Gasteiger partial charge in [-0.05, 0) is 24.3 Å². The number of nitrogens with zero attached hydrogens (tertiary/aromatic N) is 1. The van der Waals surface area contributed by atoms with Crippen LogP contribution in [0.15, 0.2) is 58.0 Å². The van der Waals surface area contributed by atoms with Gasteiger partial charge in [0.25, 0.3) is 0 Å². The Hall–Kier alpha value is -1.33. The van der Waals surface area contributed by atoms with Crippen molar-refractivity contribution >= 4 is 39.4 Å². The Balaban J connectivity index is 1.86. The molecule has 0 aliphatic rings. The predicted octanol–water partition coefficient (Wildman–Crippen LogP) is 3.57. The van der Waals surface area contributed by atoms with Crippen LogP contribution in [0, 0.1) is 0 Å². The molecule has 18 heavy (non-hydrogen) atoms. The number of anilines is 1. The highest BCUT2D eigenvalue weighted by Gasteiger charge is 2.04. The highest BCUT2D eigenvalue weighted by Crippen LogP contribution is 2.17. The molecule has 92 valence electrons. The third-order valence-corrected chi connectivity index (χ3v) is 3.61. The molecule has 0 spiro atoms. The number of amides is 1. The van der Waals surface area contributed by atoms with E-state index in [0.717, 1.165) is 9.37 Å². The monoisotopic (exact) mass is 322 g/mol. The van der Waals surface area contributed by atoms with Gasteiger partial charge in [0.1, 0.15) is 5.82 Å². The molecule has 0 atom stereocenters. The van der Waals surface area contributed by atoms with Crippen LogP contribution in [0.1, 0.15) is 0 Å². The van der Waals surface area contributed by atoms with Crippen molar-refractivity contribution in [2.75, 3.05) is 11.1 Å². The highest BCUT2D eigenvalue weighted by molar-refractivity contribution is 9.10. The zero-order valence-corrected chi connectivity index (χ0v) is 11.9. The smallest absolute Gasteiger partial charge is 0.235 e. The molecule has 5 heteroatoms. The lowest BCUT2D eigenvalue weighted by Gasteiger charge is -2.04. The van der Waals surface area contributed by atoms with Crippen LogP contribution in [0.4, 0.5) is 5.82 Å². The third kappa shape index (κ3) is 4.16. The molecule has 0 bridgehead atoms. The van der Waals surface area contributed by atoms with Gasteiger partial charge < -0.3 is 5.32 Å². The Morgan fingerprint density at radius 3 is 2.78 bits per heavy atom. The van der Waals surface area contributed by atoms with Crippen LogP contribution in [-0.2, 0) is 4.79 Å². The van der Waals surface area contributed by atoms with E-state index in [9.17, 15) is 4.79 Å². The van der Waals surface area contributed by atoms with Gasteiger partial charge in [-0.1, -0.05) is 34.1 Å². The average molecular weight is 323 g/mol. The molecule has 2 rings (SSSR count). The maximum absolute atomic E-state index is 11.7. The number of hydrogen-bond acceptors (Lipinski definition) is 3. The second-order valence-corrected chi connectivity index (χ2v) is 5.47. The average Bonchev–Trinajstić information content (AvgIpc) is 2.38. The maximum atomic E-state index is 11.7. The predicted molar refractivity (Wildman–Crippen MR) is 77.7 cm³/mol. The number of nitrogens with one attached hydrogen (secondary N) is 1. The number of carbonyl (C=O) groups is 1. The van der Waals surface area contributed by atoms with Crippen molar-refractivity contribution in [3.05, 3.63) is 53.1 Å². The largest absolute Gasteiger partial charge is 0.310 e. The second-order valence-electron chi connectivity index (χ2n) is 3.51. The number of benzene rings is 1. The van der Waals surface area contributed by atoms with Crippen LogP contribution in [0.25, 0.3) is 0 Å². The molecule has 0 fully saturated rings. The molecule has 1 aromatic carbocycles. The first-order chi connectivity index (χ1) is 8.74. The summed E-state index contributed by atoms with van der Waals surface area (Å²) in [5.41, 5.74) is 0. The zero-order chi connectivity index (χ0) is 12.8. The van der Waals surface area contributed by atoms with Crippen molar-refractivity contribution in [2.45, 2.75) is 4.90 Å². The number of carbonyl (C=O) groups excluding carboxylic acids is 1. The standard InChI is InChI=1S/C13H11BrN2OS/c14-10-6-7-15-12(8-10)16-13(17)9-18-11-4-2-1-3-5-11/h1-8H,9H2,(H,15,16,17). The second kappa shape index (κ2) is 6.56. The van der Waals surface area contributed by atoms with E-state index in [2.05, 4.69) is 26.2 Å². The molecule has 1 heterocycles. The lowest BCUT2D eigenvalue weighted by atomic mass is 10.4. The van der Waals surface area contributed by atoms with Gasteiger partial charge in [0.2, 0.25) is 5.91 Å². The van der Waals surface area contributed by atoms with Gasteiger partial charge in [0.05, 0.1) is 5.75 Å². The number of halogens is 1. The normalized spacial score (nSPS) is 10.1. The van der Waals surface area contributed by atoms with Crippen molar-refractivity contribution in [1.29, 1.82) is 0 Å². The van der Waals surface area contributed by atoms with Gasteiger partial charge in [-0.15, -0.1) is 11.8 Å². The van der Waals surface area contributed by atoms with Crippen LogP contribution in [0.3, 0.4) is 0 Å². The number of aromatic nitrogens is 1. The summed E-state index contributed by atoms with van der Waals surface area (Å²) < 4.78 is 0.892. The van der Waals surface area contributed by atoms with Gasteiger partial charge >= 0.3 is 0 Å². The molecular weight excluding hydrogens is 312 g/mol. The lowest BCUT2D eigenvalue weighted by molar-refractivity contribution is -0.113. The molecule has 0 aliphatic carbocycles. The van der Waals surface area contributed by atoms with Crippen LogP contribution in [-0.4, -0.2) is 16.6 Å². The molecule has 0 unspecified atom stereocenters. The van der Waals surface area contributed by atoms with Crippen molar-refractivity contribution in [3.63, 3.8) is 0 Å². The van der Waals surface area contributed by atoms with Crippen LogP contribution in [0.5, 0.6) is 0 Å². The zero-order valence-electron chi connectivity index (χ0n) is 9.47. The van der Waals surface area contributed by atoms with E-state index >= 15 is 0 Å². The fourth-order valence-corrected chi connectivity index (χ4v) is 2.37. The molecule has 3 nitrogen and oxygen atoms in total. The first-order valence-corrected chi connectivity index (χ1v) is 7.11. The number of thioether (sulfide) groups is 1. The van der Waals surface area contributed by atoms with Gasteiger partial charge in [-0.2, -0.15) is 0 Å². The number of hydrogen-bond donors (Lipinski definition) is 1.